The van der Waals surface area contributed by atoms with E-state index in [1.54, 1.807) is 0 Å². The smallest absolute Gasteiger partial charge is 0.0686 e. The van der Waals surface area contributed by atoms with Gasteiger partial charge in [-0.05, 0) is 129 Å². The summed E-state index contributed by atoms with van der Waals surface area (Å²) >= 11 is 2.62. The summed E-state index contributed by atoms with van der Waals surface area (Å²) in [6.45, 7) is 17.4. The highest BCUT2D eigenvalue weighted by atomic mass is 127. The zero-order chi connectivity index (χ0) is 23.3. The maximum atomic E-state index is 10.9. The van der Waals surface area contributed by atoms with Crippen LogP contribution in [-0.2, 0) is 0 Å². The summed E-state index contributed by atoms with van der Waals surface area (Å²) in [6.07, 6.45) is 12.2. The van der Waals surface area contributed by atoms with E-state index in [0.717, 1.165) is 12.3 Å². The molecule has 182 valence electrons. The molecule has 32 heavy (non-hydrogen) atoms. The second-order valence-corrected chi connectivity index (χ2v) is 16.2. The lowest BCUT2D eigenvalue weighted by molar-refractivity contribution is -0.233. The van der Waals surface area contributed by atoms with Crippen LogP contribution in [0.4, 0.5) is 0 Å². The van der Waals surface area contributed by atoms with Gasteiger partial charge in [-0.3, -0.25) is 0 Å². The standard InChI is InChI=1S/C29H47IO2/c1-18(2)19-9-14-29(17-31)16-15-26(4)20(24(19)29)7-8-21-25(3)12-11-23(32)28(6,30)22(25)10-13-27(21,26)5/h19-24,31-32H,1,7-17H2,2-6H3/t19-,20?,21?,22?,23-,24?,25+,26+,27+,28-,29+/m0/s1. The Morgan fingerprint density at radius 2 is 1.59 bits per heavy atom. The van der Waals surface area contributed by atoms with E-state index in [1.165, 1.54) is 63.4 Å². The molecule has 11 atom stereocenters. The van der Waals surface area contributed by atoms with E-state index in [4.69, 9.17) is 0 Å². The first-order valence-electron chi connectivity index (χ1n) is 13.5. The summed E-state index contributed by atoms with van der Waals surface area (Å²) in [4.78, 5) is 0. The van der Waals surface area contributed by atoms with Crippen molar-refractivity contribution in [3.63, 3.8) is 0 Å². The molecule has 0 bridgehead atoms. The fourth-order valence-electron chi connectivity index (χ4n) is 11.2. The molecule has 2 nitrogen and oxygen atoms in total. The number of aliphatic hydroxyl groups is 2. The Hall–Kier alpha value is 0.390. The molecule has 0 amide bonds. The van der Waals surface area contributed by atoms with Crippen LogP contribution < -0.4 is 0 Å². The van der Waals surface area contributed by atoms with Crippen LogP contribution in [0.1, 0.15) is 98.8 Å². The summed E-state index contributed by atoms with van der Waals surface area (Å²) in [5, 5.41) is 21.5. The van der Waals surface area contributed by atoms with E-state index in [1.807, 2.05) is 0 Å². The van der Waals surface area contributed by atoms with E-state index < -0.39 is 0 Å². The van der Waals surface area contributed by atoms with Crippen molar-refractivity contribution in [3.8, 4) is 0 Å². The molecule has 0 saturated heterocycles. The first-order valence-corrected chi connectivity index (χ1v) is 14.6. The van der Waals surface area contributed by atoms with Crippen molar-refractivity contribution in [1.82, 2.24) is 0 Å². The normalized spacial score (nSPS) is 59.5. The highest BCUT2D eigenvalue weighted by Crippen LogP contribution is 2.77. The Labute approximate surface area is 210 Å². The number of rotatable bonds is 2. The molecule has 5 saturated carbocycles. The summed E-state index contributed by atoms with van der Waals surface area (Å²) in [6, 6.07) is 0. The van der Waals surface area contributed by atoms with Crippen molar-refractivity contribution in [2.45, 2.75) is 108 Å². The molecule has 5 rings (SSSR count). The van der Waals surface area contributed by atoms with Gasteiger partial charge in [-0.1, -0.05) is 55.5 Å². The molecule has 5 fully saturated rings. The molecule has 0 aromatic carbocycles. The number of halogens is 1. The van der Waals surface area contributed by atoms with Gasteiger partial charge < -0.3 is 10.2 Å². The predicted octanol–water partition coefficient (Wildman–Crippen LogP) is 7.16. The molecule has 0 aliphatic heterocycles. The monoisotopic (exact) mass is 554 g/mol. The van der Waals surface area contributed by atoms with Crippen molar-refractivity contribution in [3.05, 3.63) is 12.2 Å². The molecule has 0 radical (unpaired) electrons. The van der Waals surface area contributed by atoms with Gasteiger partial charge in [-0.25, -0.2) is 0 Å². The zero-order valence-electron chi connectivity index (χ0n) is 21.2. The Balaban J connectivity index is 1.55. The van der Waals surface area contributed by atoms with Gasteiger partial charge in [0.2, 0.25) is 0 Å². The molecule has 4 unspecified atom stereocenters. The van der Waals surface area contributed by atoms with Gasteiger partial charge in [0.1, 0.15) is 0 Å². The van der Waals surface area contributed by atoms with Crippen LogP contribution >= 0.6 is 22.6 Å². The Bertz CT molecular complexity index is 792. The van der Waals surface area contributed by atoms with Crippen molar-refractivity contribution in [1.29, 1.82) is 0 Å². The molecule has 5 aliphatic rings. The van der Waals surface area contributed by atoms with Gasteiger partial charge >= 0.3 is 0 Å². The van der Waals surface area contributed by atoms with Crippen LogP contribution in [-0.4, -0.2) is 26.3 Å². The van der Waals surface area contributed by atoms with Crippen LogP contribution in [0.5, 0.6) is 0 Å². The van der Waals surface area contributed by atoms with Gasteiger partial charge in [0.05, 0.1) is 6.10 Å². The Morgan fingerprint density at radius 3 is 2.25 bits per heavy atom. The number of fused-ring (bicyclic) bond motifs is 7. The molecule has 2 N–H and O–H groups in total. The fourth-order valence-corrected chi connectivity index (χ4v) is 12.5. The number of alkyl halides is 1. The summed E-state index contributed by atoms with van der Waals surface area (Å²) in [7, 11) is 0. The minimum atomic E-state index is -0.160. The number of allylic oxidation sites excluding steroid dienone is 1. The quantitative estimate of drug-likeness (QED) is 0.216. The molecule has 0 heterocycles. The third kappa shape index (κ3) is 2.83. The molecule has 3 heteroatoms. The summed E-state index contributed by atoms with van der Waals surface area (Å²) in [5.74, 6) is 3.31. The molecular formula is C29H47IO2. The minimum absolute atomic E-state index is 0.00104. The third-order valence-corrected chi connectivity index (χ3v) is 14.6. The van der Waals surface area contributed by atoms with Crippen LogP contribution in [0.2, 0.25) is 0 Å². The molecular weight excluding hydrogens is 507 g/mol. The van der Waals surface area contributed by atoms with Crippen LogP contribution in [0.15, 0.2) is 12.2 Å². The maximum Gasteiger partial charge on any atom is 0.0686 e. The van der Waals surface area contributed by atoms with Gasteiger partial charge in [-0.15, -0.1) is 0 Å². The van der Waals surface area contributed by atoms with E-state index >= 15 is 0 Å². The second kappa shape index (κ2) is 7.45. The van der Waals surface area contributed by atoms with E-state index in [0.29, 0.717) is 46.5 Å². The second-order valence-electron chi connectivity index (χ2n) is 13.9. The summed E-state index contributed by atoms with van der Waals surface area (Å²) < 4.78 is -0.00104. The van der Waals surface area contributed by atoms with Crippen LogP contribution in [0, 0.1) is 51.2 Å². The van der Waals surface area contributed by atoms with Gasteiger partial charge in [-0.2, -0.15) is 0 Å². The lowest BCUT2D eigenvalue weighted by Crippen LogP contribution is -2.67. The molecule has 5 aliphatic carbocycles. The first-order chi connectivity index (χ1) is 14.9. The number of aliphatic hydroxyl groups excluding tert-OH is 2. The van der Waals surface area contributed by atoms with Gasteiger partial charge in [0.25, 0.3) is 0 Å². The SMILES string of the molecule is C=C(C)[C@@H]1CC[C@]2(CO)CC[C@]3(C)C(CCC4[C@@]5(C)CC[C@H](O)[C@@](C)(I)C5CC[C@]43C)C12. The third-order valence-electron chi connectivity index (χ3n) is 13.1. The van der Waals surface area contributed by atoms with Gasteiger partial charge in [0, 0.05) is 10.0 Å². The Kier molecular flexibility index (Phi) is 5.61. The van der Waals surface area contributed by atoms with Crippen molar-refractivity contribution >= 4 is 22.6 Å². The molecule has 0 aromatic heterocycles. The molecule has 0 aromatic rings. The number of hydrogen-bond donors (Lipinski definition) is 2. The van der Waals surface area contributed by atoms with Crippen molar-refractivity contribution in [2.75, 3.05) is 6.61 Å². The van der Waals surface area contributed by atoms with E-state index in [9.17, 15) is 10.2 Å². The average molecular weight is 555 g/mol. The highest BCUT2D eigenvalue weighted by Gasteiger charge is 2.70. The van der Waals surface area contributed by atoms with Gasteiger partial charge in [0.15, 0.2) is 0 Å². The predicted molar refractivity (Wildman–Crippen MR) is 141 cm³/mol. The van der Waals surface area contributed by atoms with Crippen LogP contribution in [0.3, 0.4) is 0 Å². The fraction of sp³-hybridized carbons (Fsp3) is 0.931. The zero-order valence-corrected chi connectivity index (χ0v) is 23.4. The first kappa shape index (κ1) is 24.1. The maximum absolute atomic E-state index is 10.9. The van der Waals surface area contributed by atoms with E-state index in [2.05, 4.69) is 63.8 Å². The minimum Gasteiger partial charge on any atom is -0.396 e. The van der Waals surface area contributed by atoms with E-state index in [-0.39, 0.29) is 14.9 Å². The lowest BCUT2D eigenvalue weighted by Gasteiger charge is -2.72. The Morgan fingerprint density at radius 1 is 0.875 bits per heavy atom. The van der Waals surface area contributed by atoms with Crippen molar-refractivity contribution in [2.24, 2.45) is 51.2 Å². The largest absolute Gasteiger partial charge is 0.396 e. The lowest BCUT2D eigenvalue weighted by atomic mass is 9.33. The highest BCUT2D eigenvalue weighted by molar-refractivity contribution is 14.1. The topological polar surface area (TPSA) is 40.5 Å². The number of hydrogen-bond acceptors (Lipinski definition) is 2. The molecule has 0 spiro atoms. The summed E-state index contributed by atoms with van der Waals surface area (Å²) in [5.41, 5.74) is 2.56. The van der Waals surface area contributed by atoms with Crippen molar-refractivity contribution < 1.29 is 10.2 Å². The average Bonchev–Trinajstić information content (AvgIpc) is 3.12. The van der Waals surface area contributed by atoms with Crippen LogP contribution in [0.25, 0.3) is 0 Å².